The molecule has 648 valence electrons. The maximum Gasteiger partial charge on any atom is 0.407 e. The van der Waals surface area contributed by atoms with Crippen LogP contribution in [0.25, 0.3) is 11.1 Å². The molecule has 17 amide bonds. The summed E-state index contributed by atoms with van der Waals surface area (Å²) in [6.07, 6.45) is -3.10. The lowest BCUT2D eigenvalue weighted by Gasteiger charge is -2.34. The van der Waals surface area contributed by atoms with Gasteiger partial charge >= 0.3 is 12.1 Å². The number of carbonyl (C=O) groups excluding carboxylic acids is 19. The Balaban J connectivity index is 1.65. The van der Waals surface area contributed by atoms with Crippen molar-refractivity contribution in [2.24, 2.45) is 22.5 Å². The molecule has 0 saturated heterocycles. The van der Waals surface area contributed by atoms with Gasteiger partial charge in [-0.05, 0) is 101 Å². The summed E-state index contributed by atoms with van der Waals surface area (Å²) in [7, 11) is 2.43. The molecule has 12 atom stereocenters. The van der Waals surface area contributed by atoms with E-state index in [-0.39, 0.29) is 31.3 Å². The molecule has 40 nitrogen and oxygen atoms in total. The van der Waals surface area contributed by atoms with Crippen molar-refractivity contribution in [1.82, 2.24) is 85.1 Å². The average molecular weight is 1670 g/mol. The molecule has 0 saturated carbocycles. The van der Waals surface area contributed by atoms with Gasteiger partial charge in [-0.15, -0.1) is 0 Å². The maximum absolute atomic E-state index is 14.3. The molecule has 0 fully saturated rings. The number of ether oxygens (including phenoxy) is 2. The summed E-state index contributed by atoms with van der Waals surface area (Å²) in [4.78, 5) is 253. The van der Waals surface area contributed by atoms with E-state index in [2.05, 4.69) is 85.1 Å². The van der Waals surface area contributed by atoms with Crippen molar-refractivity contribution in [3.63, 3.8) is 0 Å². The van der Waals surface area contributed by atoms with E-state index < -0.39 is 245 Å². The molecule has 0 aromatic heterocycles. The summed E-state index contributed by atoms with van der Waals surface area (Å²) in [5, 5.41) is 59.5. The molecule has 0 aliphatic heterocycles. The molecular formula is C76H115N17O23S. The smallest absolute Gasteiger partial charge is 0.407 e. The first kappa shape index (κ1) is 99.8. The number of amides is 17. The van der Waals surface area contributed by atoms with Crippen LogP contribution in [0.15, 0.2) is 48.5 Å². The Labute approximate surface area is 682 Å². The Morgan fingerprint density at radius 3 is 1.31 bits per heavy atom. The summed E-state index contributed by atoms with van der Waals surface area (Å²) < 4.78 is 10.4. The van der Waals surface area contributed by atoms with Crippen LogP contribution in [-0.4, -0.2) is 252 Å². The van der Waals surface area contributed by atoms with E-state index in [4.69, 9.17) is 15.2 Å². The zero-order valence-corrected chi connectivity index (χ0v) is 70.0. The molecule has 0 bridgehead atoms. The molecule has 2 aromatic rings. The molecule has 3 rings (SSSR count). The number of nitrogens with one attached hydrogen (secondary N) is 16. The molecule has 2 aromatic carbocycles. The normalized spacial score (nSPS) is 14.9. The summed E-state index contributed by atoms with van der Waals surface area (Å²) in [5.74, 6) is -18.1. The van der Waals surface area contributed by atoms with Crippen molar-refractivity contribution in [1.29, 1.82) is 0 Å². The fourth-order valence-corrected chi connectivity index (χ4v) is 12.2. The highest BCUT2D eigenvalue weighted by molar-refractivity contribution is 8.13. The van der Waals surface area contributed by atoms with Gasteiger partial charge in [0.05, 0.1) is 56.7 Å². The number of rotatable bonds is 43. The molecule has 0 spiro atoms. The lowest BCUT2D eigenvalue weighted by Crippen LogP contribution is -2.64. The third-order valence-electron chi connectivity index (χ3n) is 18.1. The van der Waals surface area contributed by atoms with Crippen LogP contribution in [0.1, 0.15) is 154 Å². The second-order valence-electron chi connectivity index (χ2n) is 31.2. The number of aliphatic hydroxyl groups is 2. The predicted octanol–water partition coefficient (Wildman–Crippen LogP) is -4.20. The van der Waals surface area contributed by atoms with E-state index in [1.165, 1.54) is 69.5 Å². The van der Waals surface area contributed by atoms with Crippen molar-refractivity contribution in [3.05, 3.63) is 59.7 Å². The van der Waals surface area contributed by atoms with Crippen molar-refractivity contribution >= 4 is 123 Å². The molecule has 0 radical (unpaired) electrons. The summed E-state index contributed by atoms with van der Waals surface area (Å²) >= 11 is 0.753. The Morgan fingerprint density at radius 2 is 0.821 bits per heavy atom. The molecule has 1 aliphatic rings. The second kappa shape index (κ2) is 45.2. The van der Waals surface area contributed by atoms with Crippen molar-refractivity contribution in [2.75, 3.05) is 52.7 Å². The minimum atomic E-state index is -2.13. The van der Waals surface area contributed by atoms with Gasteiger partial charge in [-0.2, -0.15) is 0 Å². The van der Waals surface area contributed by atoms with E-state index in [1.54, 1.807) is 27.7 Å². The number of nitrogens with two attached hydrogens (primary N) is 1. The molecule has 41 heteroatoms. The average Bonchev–Trinajstić information content (AvgIpc) is 1.61. The fraction of sp³-hybridized carbons (Fsp3) is 0.592. The summed E-state index contributed by atoms with van der Waals surface area (Å²) in [6, 6.07) is -2.26. The van der Waals surface area contributed by atoms with Gasteiger partial charge in [0.1, 0.15) is 73.1 Å². The zero-order valence-electron chi connectivity index (χ0n) is 69.1. The quantitative estimate of drug-likeness (QED) is 0.0280. The number of hydrogen-bond acceptors (Lipinski definition) is 24. The number of esters is 1. The third-order valence-corrected chi connectivity index (χ3v) is 19.0. The van der Waals surface area contributed by atoms with Crippen molar-refractivity contribution < 1.29 is 111 Å². The second-order valence-corrected chi connectivity index (χ2v) is 32.4. The third kappa shape index (κ3) is 32.7. The highest BCUT2D eigenvalue weighted by Gasteiger charge is 2.44. The van der Waals surface area contributed by atoms with Gasteiger partial charge in [0.25, 0.3) is 0 Å². The lowest BCUT2D eigenvalue weighted by atomic mass is 9.85. The van der Waals surface area contributed by atoms with Crippen LogP contribution >= 0.6 is 11.8 Å². The van der Waals surface area contributed by atoms with E-state index in [9.17, 15) is 101 Å². The minimum absolute atomic E-state index is 0.0368. The number of fused-ring (bicyclic) bond motifs is 3. The van der Waals surface area contributed by atoms with Gasteiger partial charge in [-0.1, -0.05) is 109 Å². The van der Waals surface area contributed by atoms with E-state index in [1.807, 2.05) is 48.5 Å². The number of alkyl carbamates (subject to hydrolysis) is 1. The summed E-state index contributed by atoms with van der Waals surface area (Å²) in [5.41, 5.74) is 2.96. The van der Waals surface area contributed by atoms with Gasteiger partial charge in [0.2, 0.25) is 99.6 Å². The van der Waals surface area contributed by atoms with Crippen molar-refractivity contribution in [3.8, 4) is 11.1 Å². The first-order chi connectivity index (χ1) is 54.2. The number of thioether (sulfide) groups is 1. The monoisotopic (exact) mass is 1670 g/mol. The fourth-order valence-electron chi connectivity index (χ4n) is 11.5. The van der Waals surface area contributed by atoms with Gasteiger partial charge in [-0.3, -0.25) is 86.3 Å². The molecule has 117 heavy (non-hydrogen) atoms. The Bertz CT molecular complexity index is 3940. The first-order valence-corrected chi connectivity index (χ1v) is 38.7. The van der Waals surface area contributed by atoms with Crippen LogP contribution in [0, 0.1) is 16.7 Å². The zero-order chi connectivity index (χ0) is 88.9. The Kier molecular flexibility index (Phi) is 38.6. The van der Waals surface area contributed by atoms with Crippen LogP contribution in [0.2, 0.25) is 0 Å². The van der Waals surface area contributed by atoms with E-state index >= 15 is 0 Å². The highest BCUT2D eigenvalue weighted by atomic mass is 32.2. The number of primary amides is 1. The van der Waals surface area contributed by atoms with Crippen molar-refractivity contribution in [2.45, 2.75) is 220 Å². The molecular weight excluding hydrogens is 1550 g/mol. The van der Waals surface area contributed by atoms with Crippen LogP contribution in [0.5, 0.6) is 0 Å². The number of carbonyl (C=O) groups is 19. The standard InChI is InChI=1S/C76H115N17O23S/c1-19-115-54(99)28-29-117-55(100)35-82-62(102)39(4)84-71(111)60(76(15,16)114)93-67(107)56(37(2)30-49(77)94)90-65(105)47(31-50(95)78-17)88-70(110)57(73(7,8)9)89-53(98)34-80-61(101)38(3)83-52(97)33-81-68(108)59(75(13,14)113)92-66(106)48(32-51(96)79-18)87-63(103)40(5)85-69(109)58(74(10,11)12)91-64(104)41(6)86-72(112)116-36-46-44-26-22-20-24-42(44)43-25-21-23-27-45(43)46/h20-27,37-41,46-48,56-60,113-114H,19,28-36H2,1-18H3,(H2,77,94)(H,78,95)(H,79,96)(H,80,101)(H,81,108)(H,82,102)(H,83,97)(H,84,111)(H,85,109)(H,86,112)(H,87,103)(H,88,110)(H,89,98)(H,90,105)(H,91,104)(H,92,106)(H,93,107)/t37-,38-,39-,40-,41-,47+,48+,56-,57+,58-,59+,60-/m0/s1. The van der Waals surface area contributed by atoms with Crippen LogP contribution in [-0.2, 0) is 95.8 Å². The largest absolute Gasteiger partial charge is 0.466 e. The minimum Gasteiger partial charge on any atom is -0.466 e. The SMILES string of the molecule is CCOC(=O)CCSC(=O)CNC(=O)[C@H](C)NC(=O)[C@H](NC(=O)[C@@H](NC(=O)[C@@H](CC(=O)NC)NC(=O)[C@@H](NC(=O)CNC(=O)[C@H](C)NC(=O)CNC(=O)[C@@H](NC(=O)[C@@H](CC(=O)NC)NC(=O)[C@H](C)NC(=O)[C@H](NC(=O)[C@H](C)NC(=O)OCC1c2ccccc2-c2ccccc21)C(C)(C)C)C(C)(C)O)C(C)(C)C)[C@@H](C)CC(N)=O)C(C)(C)O. The lowest BCUT2D eigenvalue weighted by molar-refractivity contribution is -0.142. The molecule has 0 heterocycles. The molecule has 20 N–H and O–H groups in total. The summed E-state index contributed by atoms with van der Waals surface area (Å²) in [6.45, 7) is 19.6. The van der Waals surface area contributed by atoms with Gasteiger partial charge in [-0.25, -0.2) is 4.79 Å². The van der Waals surface area contributed by atoms with Gasteiger partial charge < -0.3 is 110 Å². The molecule has 0 unspecified atom stereocenters. The van der Waals surface area contributed by atoms with Crippen LogP contribution in [0.4, 0.5) is 4.79 Å². The topological polar surface area (TPSA) is 602 Å². The first-order valence-electron chi connectivity index (χ1n) is 37.7. The van der Waals surface area contributed by atoms with Crippen LogP contribution in [0.3, 0.4) is 0 Å². The Morgan fingerprint density at radius 1 is 0.427 bits per heavy atom. The molecule has 1 aliphatic carbocycles. The van der Waals surface area contributed by atoms with Gasteiger partial charge in [0.15, 0.2) is 0 Å². The van der Waals surface area contributed by atoms with E-state index in [0.29, 0.717) is 0 Å². The van der Waals surface area contributed by atoms with Gasteiger partial charge in [0, 0.05) is 32.2 Å². The van der Waals surface area contributed by atoms with E-state index in [0.717, 1.165) is 61.7 Å². The number of benzene rings is 2. The highest BCUT2D eigenvalue weighted by Crippen LogP contribution is 2.44. The predicted molar refractivity (Wildman–Crippen MR) is 424 cm³/mol. The maximum atomic E-state index is 14.3. The number of hydrogen-bond donors (Lipinski definition) is 19. The van der Waals surface area contributed by atoms with Crippen LogP contribution < -0.4 is 90.8 Å². The Hall–Kier alpha value is -11.4.